The Morgan fingerprint density at radius 1 is 0.682 bits per heavy atom. The summed E-state index contributed by atoms with van der Waals surface area (Å²) in [7, 11) is 0. The van der Waals surface area contributed by atoms with Gasteiger partial charge < -0.3 is 0 Å². The summed E-state index contributed by atoms with van der Waals surface area (Å²) < 4.78 is 0. The first-order valence-electron chi connectivity index (χ1n) is 10.5. The minimum Gasteiger partial charge on any atom is -0.0885 e. The van der Waals surface area contributed by atoms with Crippen LogP contribution in [-0.2, 0) is 0 Å². The quantitative estimate of drug-likeness (QED) is 0.321. The van der Waals surface area contributed by atoms with Gasteiger partial charge in [-0.3, -0.25) is 0 Å². The molecule has 22 heavy (non-hydrogen) atoms. The molecule has 0 nitrogen and oxygen atoms in total. The lowest BCUT2D eigenvalue weighted by molar-refractivity contribution is 0.247. The highest BCUT2D eigenvalue weighted by molar-refractivity contribution is 4.90. The first-order chi connectivity index (χ1) is 10.8. The summed E-state index contributed by atoms with van der Waals surface area (Å²) in [4.78, 5) is 0. The molecule has 0 amide bonds. The second-order valence-electron chi connectivity index (χ2n) is 8.20. The Balaban J connectivity index is 1.49. The van der Waals surface area contributed by atoms with Crippen molar-refractivity contribution in [3.8, 4) is 0 Å². The van der Waals surface area contributed by atoms with Crippen molar-refractivity contribution in [2.45, 2.75) is 104 Å². The lowest BCUT2D eigenvalue weighted by Gasteiger charge is -2.28. The molecule has 0 saturated heterocycles. The Morgan fingerprint density at radius 3 is 1.68 bits per heavy atom. The van der Waals surface area contributed by atoms with Crippen LogP contribution >= 0.6 is 0 Å². The number of allylic oxidation sites excluding steroid dienone is 2. The summed E-state index contributed by atoms with van der Waals surface area (Å²) in [6, 6.07) is 0. The fourth-order valence-electron chi connectivity index (χ4n) is 4.79. The van der Waals surface area contributed by atoms with Crippen LogP contribution in [0.25, 0.3) is 0 Å². The number of hydrogen-bond donors (Lipinski definition) is 0. The maximum absolute atomic E-state index is 2.49. The van der Waals surface area contributed by atoms with E-state index in [1.54, 1.807) is 0 Å². The summed E-state index contributed by atoms with van der Waals surface area (Å²) in [6.07, 6.45) is 25.6. The molecule has 0 radical (unpaired) electrons. The van der Waals surface area contributed by atoms with Crippen molar-refractivity contribution in [3.05, 3.63) is 12.2 Å². The smallest absolute Gasteiger partial charge is 0.0233 e. The molecular formula is C22H40. The van der Waals surface area contributed by atoms with Gasteiger partial charge >= 0.3 is 0 Å². The summed E-state index contributed by atoms with van der Waals surface area (Å²) in [6.45, 7) is 4.62. The van der Waals surface area contributed by atoms with E-state index >= 15 is 0 Å². The van der Waals surface area contributed by atoms with E-state index in [1.165, 1.54) is 89.9 Å². The van der Waals surface area contributed by atoms with Gasteiger partial charge in [0.25, 0.3) is 0 Å². The van der Waals surface area contributed by atoms with E-state index in [1.807, 2.05) is 0 Å². The standard InChI is InChI=1S/C22H40/c1-3-5-8-20-15-17-22(18-16-20)10-7-6-9-21-13-11-19(4-2)12-14-21/h5,8,19-22H,3-4,6-7,9-18H2,1-2H3/b8-5+/t19-,20?,21-,22?. The topological polar surface area (TPSA) is 0 Å². The van der Waals surface area contributed by atoms with Gasteiger partial charge in [0, 0.05) is 0 Å². The summed E-state index contributed by atoms with van der Waals surface area (Å²) in [5, 5.41) is 0. The van der Waals surface area contributed by atoms with Crippen LogP contribution in [0.15, 0.2) is 12.2 Å². The minimum absolute atomic E-state index is 0.907. The number of hydrogen-bond acceptors (Lipinski definition) is 0. The van der Waals surface area contributed by atoms with Gasteiger partial charge in [-0.05, 0) is 55.8 Å². The van der Waals surface area contributed by atoms with Crippen molar-refractivity contribution in [1.29, 1.82) is 0 Å². The highest BCUT2D eigenvalue weighted by atomic mass is 14.3. The molecule has 0 bridgehead atoms. The van der Waals surface area contributed by atoms with E-state index in [0.717, 1.165) is 23.7 Å². The van der Waals surface area contributed by atoms with Gasteiger partial charge in [-0.25, -0.2) is 0 Å². The first-order valence-corrected chi connectivity index (χ1v) is 10.5. The zero-order chi connectivity index (χ0) is 15.6. The average molecular weight is 305 g/mol. The van der Waals surface area contributed by atoms with E-state index in [4.69, 9.17) is 0 Å². The molecule has 0 atom stereocenters. The Labute approximate surface area is 140 Å². The van der Waals surface area contributed by atoms with Crippen LogP contribution in [0.1, 0.15) is 104 Å². The van der Waals surface area contributed by atoms with E-state index < -0.39 is 0 Å². The Bertz CT molecular complexity index is 287. The molecule has 0 N–H and O–H groups in total. The maximum atomic E-state index is 2.49. The number of rotatable bonds is 8. The van der Waals surface area contributed by atoms with E-state index in [2.05, 4.69) is 26.0 Å². The van der Waals surface area contributed by atoms with Gasteiger partial charge in [-0.1, -0.05) is 83.8 Å². The zero-order valence-corrected chi connectivity index (χ0v) is 15.4. The van der Waals surface area contributed by atoms with Gasteiger partial charge in [-0.15, -0.1) is 0 Å². The third kappa shape index (κ3) is 6.47. The van der Waals surface area contributed by atoms with E-state index in [-0.39, 0.29) is 0 Å². The highest BCUT2D eigenvalue weighted by Gasteiger charge is 2.21. The fraction of sp³-hybridized carbons (Fsp3) is 0.909. The van der Waals surface area contributed by atoms with Crippen molar-refractivity contribution in [2.24, 2.45) is 23.7 Å². The van der Waals surface area contributed by atoms with Crippen LogP contribution in [0.5, 0.6) is 0 Å². The molecule has 2 aliphatic carbocycles. The molecule has 2 aliphatic rings. The van der Waals surface area contributed by atoms with Gasteiger partial charge in [-0.2, -0.15) is 0 Å². The molecule has 2 saturated carbocycles. The van der Waals surface area contributed by atoms with Crippen molar-refractivity contribution < 1.29 is 0 Å². The van der Waals surface area contributed by atoms with Crippen molar-refractivity contribution in [2.75, 3.05) is 0 Å². The molecule has 0 heterocycles. The Morgan fingerprint density at radius 2 is 1.18 bits per heavy atom. The van der Waals surface area contributed by atoms with Gasteiger partial charge in [0.1, 0.15) is 0 Å². The predicted molar refractivity (Wildman–Crippen MR) is 99.1 cm³/mol. The summed E-state index contributed by atoms with van der Waals surface area (Å²) >= 11 is 0. The molecule has 128 valence electrons. The van der Waals surface area contributed by atoms with Crippen molar-refractivity contribution in [3.63, 3.8) is 0 Å². The van der Waals surface area contributed by atoms with Crippen LogP contribution in [-0.4, -0.2) is 0 Å². The van der Waals surface area contributed by atoms with Gasteiger partial charge in [0.2, 0.25) is 0 Å². The van der Waals surface area contributed by atoms with Crippen LogP contribution in [0.3, 0.4) is 0 Å². The molecule has 0 aromatic rings. The normalized spacial score (nSPS) is 33.4. The Hall–Kier alpha value is -0.260. The predicted octanol–water partition coefficient (Wildman–Crippen LogP) is 7.54. The average Bonchev–Trinajstić information content (AvgIpc) is 2.58. The van der Waals surface area contributed by atoms with E-state index in [0.29, 0.717) is 0 Å². The van der Waals surface area contributed by atoms with Crippen LogP contribution < -0.4 is 0 Å². The van der Waals surface area contributed by atoms with Crippen molar-refractivity contribution >= 4 is 0 Å². The zero-order valence-electron chi connectivity index (χ0n) is 15.4. The molecular weight excluding hydrogens is 264 g/mol. The molecule has 2 rings (SSSR count). The first kappa shape index (κ1) is 18.1. The van der Waals surface area contributed by atoms with Crippen LogP contribution in [0.4, 0.5) is 0 Å². The molecule has 0 aromatic carbocycles. The summed E-state index contributed by atoms with van der Waals surface area (Å²) in [5.74, 6) is 4.11. The van der Waals surface area contributed by atoms with Crippen LogP contribution in [0.2, 0.25) is 0 Å². The Kier molecular flexibility index (Phi) is 8.63. The molecule has 2 fully saturated rings. The summed E-state index contributed by atoms with van der Waals surface area (Å²) in [5.41, 5.74) is 0. The fourth-order valence-corrected chi connectivity index (χ4v) is 4.79. The third-order valence-electron chi connectivity index (χ3n) is 6.55. The van der Waals surface area contributed by atoms with E-state index in [9.17, 15) is 0 Å². The minimum atomic E-state index is 0.907. The number of unbranched alkanes of at least 4 members (excludes halogenated alkanes) is 1. The second kappa shape index (κ2) is 10.5. The van der Waals surface area contributed by atoms with Gasteiger partial charge in [0.05, 0.1) is 0 Å². The SMILES string of the molecule is CC/C=C/C1CCC(CCCC[C@H]2CC[C@H](CC)CC2)CC1. The molecule has 0 heteroatoms. The highest BCUT2D eigenvalue weighted by Crippen LogP contribution is 2.35. The molecule has 0 unspecified atom stereocenters. The van der Waals surface area contributed by atoms with Crippen LogP contribution in [0, 0.1) is 23.7 Å². The van der Waals surface area contributed by atoms with Crippen molar-refractivity contribution in [1.82, 2.24) is 0 Å². The van der Waals surface area contributed by atoms with Gasteiger partial charge in [0.15, 0.2) is 0 Å². The lowest BCUT2D eigenvalue weighted by atomic mass is 9.77. The molecule has 0 aromatic heterocycles. The molecule has 0 spiro atoms. The monoisotopic (exact) mass is 304 g/mol. The second-order valence-corrected chi connectivity index (χ2v) is 8.20. The molecule has 0 aliphatic heterocycles. The lowest BCUT2D eigenvalue weighted by Crippen LogP contribution is -2.14. The third-order valence-corrected chi connectivity index (χ3v) is 6.55. The largest absolute Gasteiger partial charge is 0.0885 e. The maximum Gasteiger partial charge on any atom is -0.0233 e.